The Morgan fingerprint density at radius 1 is 1.42 bits per heavy atom. The zero-order valence-corrected chi connectivity index (χ0v) is 11.0. The summed E-state index contributed by atoms with van der Waals surface area (Å²) in [6.45, 7) is 2.33. The summed E-state index contributed by atoms with van der Waals surface area (Å²) in [5.41, 5.74) is 0. The summed E-state index contributed by atoms with van der Waals surface area (Å²) in [5.74, 6) is -1.32. The van der Waals surface area contributed by atoms with Gasteiger partial charge in [-0.25, -0.2) is 8.78 Å². The molecule has 0 radical (unpaired) electrons. The Balaban J connectivity index is 1.93. The van der Waals surface area contributed by atoms with E-state index in [2.05, 4.69) is 0 Å². The monoisotopic (exact) mass is 269 g/mol. The molecular formula is C14H17F2NO2. The number of likely N-dealkylation sites (N-methyl/N-ethyl adjacent to an activating group) is 1. The van der Waals surface area contributed by atoms with Gasteiger partial charge in [0, 0.05) is 19.7 Å². The molecule has 1 amide bonds. The molecule has 0 aliphatic heterocycles. The molecule has 1 aliphatic carbocycles. The van der Waals surface area contributed by atoms with Crippen molar-refractivity contribution in [3.63, 3.8) is 0 Å². The van der Waals surface area contributed by atoms with Crippen molar-refractivity contribution in [2.24, 2.45) is 5.92 Å². The van der Waals surface area contributed by atoms with E-state index in [9.17, 15) is 13.6 Å². The van der Waals surface area contributed by atoms with Gasteiger partial charge in [0.1, 0.15) is 5.75 Å². The molecule has 1 aromatic carbocycles. The zero-order chi connectivity index (χ0) is 14.0. The maximum absolute atomic E-state index is 13.0. The van der Waals surface area contributed by atoms with Gasteiger partial charge >= 0.3 is 0 Å². The summed E-state index contributed by atoms with van der Waals surface area (Å²) >= 11 is 0. The van der Waals surface area contributed by atoms with E-state index in [0.717, 1.165) is 31.5 Å². The first kappa shape index (κ1) is 13.8. The van der Waals surface area contributed by atoms with Crippen molar-refractivity contribution in [3.05, 3.63) is 29.8 Å². The number of hydrogen-bond acceptors (Lipinski definition) is 2. The van der Waals surface area contributed by atoms with Crippen LogP contribution in [0.25, 0.3) is 0 Å². The quantitative estimate of drug-likeness (QED) is 0.822. The molecule has 1 aromatic rings. The fourth-order valence-corrected chi connectivity index (χ4v) is 1.89. The molecule has 3 nitrogen and oxygen atoms in total. The number of nitrogens with zero attached hydrogens (tertiary/aromatic N) is 1. The minimum absolute atomic E-state index is 0.152. The van der Waals surface area contributed by atoms with Gasteiger partial charge in [-0.05, 0) is 37.8 Å². The van der Waals surface area contributed by atoms with Crippen LogP contribution >= 0.6 is 0 Å². The van der Waals surface area contributed by atoms with Crippen LogP contribution in [0.5, 0.6) is 5.75 Å². The van der Waals surface area contributed by atoms with Crippen molar-refractivity contribution in [1.29, 1.82) is 0 Å². The first-order valence-corrected chi connectivity index (χ1v) is 6.34. The topological polar surface area (TPSA) is 29.5 Å². The van der Waals surface area contributed by atoms with Gasteiger partial charge in [0.2, 0.25) is 0 Å². The maximum Gasteiger partial charge on any atom is 0.263 e. The van der Waals surface area contributed by atoms with E-state index >= 15 is 0 Å². The SMILES string of the molecule is CC(Oc1ccc(F)c(F)c1)C(=O)N(C)CC1CC1. The number of carbonyl (C=O) groups excluding carboxylic acids is 1. The van der Waals surface area contributed by atoms with E-state index in [1.165, 1.54) is 6.07 Å². The van der Waals surface area contributed by atoms with Gasteiger partial charge in [0.15, 0.2) is 17.7 Å². The molecule has 2 rings (SSSR count). The van der Waals surface area contributed by atoms with Crippen LogP contribution in [0.1, 0.15) is 19.8 Å². The van der Waals surface area contributed by atoms with E-state index in [4.69, 9.17) is 4.74 Å². The standard InChI is InChI=1S/C14H17F2NO2/c1-9(14(18)17(2)8-10-3-4-10)19-11-5-6-12(15)13(16)7-11/h5-7,9-10H,3-4,8H2,1-2H3. The Kier molecular flexibility index (Phi) is 4.02. The molecule has 1 aliphatic rings. The van der Waals surface area contributed by atoms with Gasteiger partial charge in [0.25, 0.3) is 5.91 Å². The Morgan fingerprint density at radius 2 is 2.11 bits per heavy atom. The lowest BCUT2D eigenvalue weighted by Gasteiger charge is -2.22. The molecule has 1 atom stereocenters. The van der Waals surface area contributed by atoms with Crippen molar-refractivity contribution in [1.82, 2.24) is 4.90 Å². The summed E-state index contributed by atoms with van der Waals surface area (Å²) < 4.78 is 31.1. The van der Waals surface area contributed by atoms with Crippen LogP contribution < -0.4 is 4.74 Å². The molecule has 0 N–H and O–H groups in total. The second-order valence-electron chi connectivity index (χ2n) is 5.00. The summed E-state index contributed by atoms with van der Waals surface area (Å²) in [4.78, 5) is 13.6. The lowest BCUT2D eigenvalue weighted by molar-refractivity contribution is -0.136. The van der Waals surface area contributed by atoms with Gasteiger partial charge in [0.05, 0.1) is 0 Å². The minimum Gasteiger partial charge on any atom is -0.481 e. The van der Waals surface area contributed by atoms with E-state index in [0.29, 0.717) is 5.92 Å². The molecule has 5 heteroatoms. The van der Waals surface area contributed by atoms with Crippen molar-refractivity contribution in [3.8, 4) is 5.75 Å². The van der Waals surface area contributed by atoms with Crippen LogP contribution in [0.15, 0.2) is 18.2 Å². The number of amides is 1. The summed E-state index contributed by atoms with van der Waals surface area (Å²) in [6.07, 6.45) is 1.61. The van der Waals surface area contributed by atoms with Crippen LogP contribution in [0.3, 0.4) is 0 Å². The van der Waals surface area contributed by atoms with Crippen molar-refractivity contribution in [2.45, 2.75) is 25.9 Å². The van der Waals surface area contributed by atoms with Gasteiger partial charge in [-0.1, -0.05) is 0 Å². The molecule has 0 saturated heterocycles. The highest BCUT2D eigenvalue weighted by molar-refractivity contribution is 5.80. The Bertz CT molecular complexity index is 475. The van der Waals surface area contributed by atoms with Gasteiger partial charge in [-0.15, -0.1) is 0 Å². The van der Waals surface area contributed by atoms with Crippen molar-refractivity contribution in [2.75, 3.05) is 13.6 Å². The van der Waals surface area contributed by atoms with E-state index in [1.807, 2.05) is 0 Å². The summed E-state index contributed by atoms with van der Waals surface area (Å²) in [6, 6.07) is 3.23. The van der Waals surface area contributed by atoms with Gasteiger partial charge in [-0.2, -0.15) is 0 Å². The number of ether oxygens (including phenoxy) is 1. The molecule has 104 valence electrons. The number of rotatable bonds is 5. The molecule has 0 bridgehead atoms. The lowest BCUT2D eigenvalue weighted by atomic mass is 10.3. The second kappa shape index (κ2) is 5.55. The Morgan fingerprint density at radius 3 is 2.68 bits per heavy atom. The highest BCUT2D eigenvalue weighted by Crippen LogP contribution is 2.29. The van der Waals surface area contributed by atoms with Crippen LogP contribution in [-0.4, -0.2) is 30.5 Å². The fourth-order valence-electron chi connectivity index (χ4n) is 1.89. The average Bonchev–Trinajstić information content (AvgIpc) is 3.16. The number of carbonyl (C=O) groups is 1. The Hall–Kier alpha value is -1.65. The van der Waals surface area contributed by atoms with Crippen LogP contribution in [0, 0.1) is 17.6 Å². The van der Waals surface area contributed by atoms with E-state index in [-0.39, 0.29) is 11.7 Å². The molecule has 0 spiro atoms. The molecule has 1 fully saturated rings. The highest BCUT2D eigenvalue weighted by atomic mass is 19.2. The highest BCUT2D eigenvalue weighted by Gasteiger charge is 2.27. The number of halogens is 2. The van der Waals surface area contributed by atoms with Gasteiger partial charge in [-0.3, -0.25) is 4.79 Å². The lowest BCUT2D eigenvalue weighted by Crippen LogP contribution is -2.39. The van der Waals surface area contributed by atoms with E-state index < -0.39 is 17.7 Å². The van der Waals surface area contributed by atoms with Crippen molar-refractivity contribution < 1.29 is 18.3 Å². The van der Waals surface area contributed by atoms with Crippen LogP contribution in [0.2, 0.25) is 0 Å². The smallest absolute Gasteiger partial charge is 0.263 e. The number of hydrogen-bond donors (Lipinski definition) is 0. The third kappa shape index (κ3) is 3.66. The average molecular weight is 269 g/mol. The van der Waals surface area contributed by atoms with Crippen molar-refractivity contribution >= 4 is 5.91 Å². The molecule has 0 aromatic heterocycles. The molecular weight excluding hydrogens is 252 g/mol. The zero-order valence-electron chi connectivity index (χ0n) is 11.0. The third-order valence-corrected chi connectivity index (χ3v) is 3.16. The second-order valence-corrected chi connectivity index (χ2v) is 5.00. The minimum atomic E-state index is -0.983. The maximum atomic E-state index is 13.0. The third-order valence-electron chi connectivity index (χ3n) is 3.16. The number of benzene rings is 1. The van der Waals surface area contributed by atoms with Crippen LogP contribution in [-0.2, 0) is 4.79 Å². The first-order chi connectivity index (χ1) is 8.97. The fraction of sp³-hybridized carbons (Fsp3) is 0.500. The largest absolute Gasteiger partial charge is 0.481 e. The Labute approximate surface area is 111 Å². The molecule has 1 unspecified atom stereocenters. The van der Waals surface area contributed by atoms with Gasteiger partial charge < -0.3 is 9.64 Å². The van der Waals surface area contributed by atoms with E-state index in [1.54, 1.807) is 18.9 Å². The van der Waals surface area contributed by atoms with Crippen LogP contribution in [0.4, 0.5) is 8.78 Å². The predicted molar refractivity (Wildman–Crippen MR) is 66.8 cm³/mol. The summed E-state index contributed by atoms with van der Waals surface area (Å²) in [5, 5.41) is 0. The first-order valence-electron chi connectivity index (χ1n) is 6.34. The molecule has 0 heterocycles. The summed E-state index contributed by atoms with van der Waals surface area (Å²) in [7, 11) is 1.73. The molecule has 19 heavy (non-hydrogen) atoms. The molecule has 1 saturated carbocycles. The predicted octanol–water partition coefficient (Wildman–Crippen LogP) is 2.60. The normalized spacial score (nSPS) is 16.0.